The van der Waals surface area contributed by atoms with E-state index < -0.39 is 0 Å². The smallest absolute Gasteiger partial charge is 0.275 e. The van der Waals surface area contributed by atoms with E-state index in [9.17, 15) is 4.79 Å². The number of aryl methyl sites for hydroxylation is 1. The van der Waals surface area contributed by atoms with Gasteiger partial charge in [-0.2, -0.15) is 5.10 Å². The molecule has 0 radical (unpaired) electrons. The Balaban J connectivity index is 1.42. The summed E-state index contributed by atoms with van der Waals surface area (Å²) in [5.74, 6) is 0.719. The van der Waals surface area contributed by atoms with Crippen molar-refractivity contribution in [3.63, 3.8) is 0 Å². The first-order valence-corrected chi connectivity index (χ1v) is 9.68. The van der Waals surface area contributed by atoms with Crippen LogP contribution in [0.4, 0.5) is 0 Å². The molecule has 3 heterocycles. The molecule has 0 spiro atoms. The highest BCUT2D eigenvalue weighted by molar-refractivity contribution is 6.04. The molecule has 140 valence electrons. The Morgan fingerprint density at radius 2 is 1.85 bits per heavy atom. The Morgan fingerprint density at radius 1 is 1.15 bits per heavy atom. The fourth-order valence-corrected chi connectivity index (χ4v) is 4.39. The highest BCUT2D eigenvalue weighted by atomic mass is 16.5. The van der Waals surface area contributed by atoms with Crippen LogP contribution in [-0.4, -0.2) is 70.9 Å². The van der Waals surface area contributed by atoms with Gasteiger partial charge in [-0.05, 0) is 31.7 Å². The van der Waals surface area contributed by atoms with Gasteiger partial charge >= 0.3 is 0 Å². The summed E-state index contributed by atoms with van der Waals surface area (Å²) in [6, 6.07) is 8.51. The van der Waals surface area contributed by atoms with E-state index in [4.69, 9.17) is 4.74 Å². The van der Waals surface area contributed by atoms with Gasteiger partial charge in [0.05, 0.1) is 18.7 Å². The third-order valence-corrected chi connectivity index (χ3v) is 6.09. The lowest BCUT2D eigenvalue weighted by molar-refractivity contribution is -0.000978. The molecule has 2 saturated heterocycles. The van der Waals surface area contributed by atoms with Crippen LogP contribution in [0.1, 0.15) is 30.3 Å². The fourth-order valence-electron chi connectivity index (χ4n) is 4.39. The Kier molecular flexibility index (Phi) is 4.96. The summed E-state index contributed by atoms with van der Waals surface area (Å²) in [6.45, 7) is 7.72. The van der Waals surface area contributed by atoms with Gasteiger partial charge in [0.2, 0.25) is 0 Å². The number of carbonyl (C=O) groups is 1. The summed E-state index contributed by atoms with van der Waals surface area (Å²) in [5, 5.41) is 5.44. The number of amides is 1. The average molecular weight is 356 g/mol. The van der Waals surface area contributed by atoms with E-state index in [1.165, 1.54) is 0 Å². The van der Waals surface area contributed by atoms with Crippen molar-refractivity contribution in [3.05, 3.63) is 30.0 Å². The molecule has 0 aliphatic carbocycles. The molecule has 0 unspecified atom stereocenters. The molecule has 4 rings (SSSR count). The van der Waals surface area contributed by atoms with Crippen molar-refractivity contribution in [2.24, 2.45) is 13.0 Å². The Labute approximate surface area is 154 Å². The molecule has 1 atom stereocenters. The van der Waals surface area contributed by atoms with Gasteiger partial charge in [0.1, 0.15) is 0 Å². The van der Waals surface area contributed by atoms with Crippen molar-refractivity contribution >= 4 is 16.8 Å². The van der Waals surface area contributed by atoms with Crippen LogP contribution in [0.25, 0.3) is 10.9 Å². The molecule has 6 heteroatoms. The van der Waals surface area contributed by atoms with Gasteiger partial charge < -0.3 is 9.64 Å². The first-order chi connectivity index (χ1) is 12.6. The van der Waals surface area contributed by atoms with Crippen LogP contribution in [0.15, 0.2) is 24.3 Å². The molecule has 1 aromatic carbocycles. The number of piperidine rings is 1. The number of morpholine rings is 1. The summed E-state index contributed by atoms with van der Waals surface area (Å²) < 4.78 is 7.27. The van der Waals surface area contributed by atoms with E-state index in [-0.39, 0.29) is 5.91 Å². The average Bonchev–Trinajstić information content (AvgIpc) is 3.05. The molecule has 2 aliphatic rings. The molecule has 6 nitrogen and oxygen atoms in total. The maximum Gasteiger partial charge on any atom is 0.275 e. The summed E-state index contributed by atoms with van der Waals surface area (Å²) in [7, 11) is 1.90. The largest absolute Gasteiger partial charge is 0.379 e. The van der Waals surface area contributed by atoms with Crippen molar-refractivity contribution in [1.29, 1.82) is 0 Å². The molecule has 2 aromatic rings. The van der Waals surface area contributed by atoms with E-state index in [0.717, 1.165) is 63.1 Å². The van der Waals surface area contributed by atoms with Crippen molar-refractivity contribution in [3.8, 4) is 0 Å². The fraction of sp³-hybridized carbons (Fsp3) is 0.600. The molecule has 26 heavy (non-hydrogen) atoms. The van der Waals surface area contributed by atoms with Crippen LogP contribution in [0.3, 0.4) is 0 Å². The van der Waals surface area contributed by atoms with Gasteiger partial charge in [0.15, 0.2) is 5.69 Å². The SMILES string of the molecule is C[C@@H](C1CCN(C(=O)c2nn(C)c3ccccc23)CC1)N1CCOCC1. The predicted molar refractivity (Wildman–Crippen MR) is 101 cm³/mol. The summed E-state index contributed by atoms with van der Waals surface area (Å²) in [6.07, 6.45) is 2.13. The minimum absolute atomic E-state index is 0.0688. The number of carbonyl (C=O) groups excluding carboxylic acids is 1. The van der Waals surface area contributed by atoms with Gasteiger partial charge in [0, 0.05) is 44.7 Å². The number of para-hydroxylation sites is 1. The number of hydrogen-bond donors (Lipinski definition) is 0. The summed E-state index contributed by atoms with van der Waals surface area (Å²) in [5.41, 5.74) is 1.59. The molecule has 2 fully saturated rings. The molecule has 0 bridgehead atoms. The van der Waals surface area contributed by atoms with Gasteiger partial charge in [-0.25, -0.2) is 0 Å². The van der Waals surface area contributed by atoms with Crippen molar-refractivity contribution in [2.45, 2.75) is 25.8 Å². The number of ether oxygens (including phenoxy) is 1. The molecule has 1 aromatic heterocycles. The van der Waals surface area contributed by atoms with Gasteiger partial charge in [-0.15, -0.1) is 0 Å². The van der Waals surface area contributed by atoms with Crippen LogP contribution in [-0.2, 0) is 11.8 Å². The van der Waals surface area contributed by atoms with E-state index >= 15 is 0 Å². The lowest BCUT2D eigenvalue weighted by Gasteiger charge is -2.40. The van der Waals surface area contributed by atoms with Crippen LogP contribution in [0, 0.1) is 5.92 Å². The maximum absolute atomic E-state index is 13.0. The quantitative estimate of drug-likeness (QED) is 0.846. The number of likely N-dealkylation sites (tertiary alicyclic amines) is 1. The van der Waals surface area contributed by atoms with E-state index in [0.29, 0.717) is 17.7 Å². The first-order valence-electron chi connectivity index (χ1n) is 9.68. The molecule has 1 amide bonds. The number of rotatable bonds is 3. The molecule has 0 saturated carbocycles. The highest BCUT2D eigenvalue weighted by Crippen LogP contribution is 2.27. The lowest BCUT2D eigenvalue weighted by Crippen LogP contribution is -2.49. The van der Waals surface area contributed by atoms with Crippen molar-refractivity contribution < 1.29 is 9.53 Å². The van der Waals surface area contributed by atoms with Crippen LogP contribution in [0.2, 0.25) is 0 Å². The van der Waals surface area contributed by atoms with Gasteiger partial charge in [0.25, 0.3) is 5.91 Å². The number of aromatic nitrogens is 2. The number of nitrogens with zero attached hydrogens (tertiary/aromatic N) is 4. The number of fused-ring (bicyclic) bond motifs is 1. The monoisotopic (exact) mass is 356 g/mol. The topological polar surface area (TPSA) is 50.6 Å². The van der Waals surface area contributed by atoms with Crippen molar-refractivity contribution in [1.82, 2.24) is 19.6 Å². The van der Waals surface area contributed by atoms with E-state index in [1.54, 1.807) is 4.68 Å². The zero-order chi connectivity index (χ0) is 18.1. The minimum atomic E-state index is 0.0688. The third-order valence-electron chi connectivity index (χ3n) is 6.09. The number of hydrogen-bond acceptors (Lipinski definition) is 4. The maximum atomic E-state index is 13.0. The lowest BCUT2D eigenvalue weighted by atomic mass is 9.89. The second-order valence-corrected chi connectivity index (χ2v) is 7.51. The molecular formula is C20H28N4O2. The second-order valence-electron chi connectivity index (χ2n) is 7.51. The molecule has 0 N–H and O–H groups in total. The Hall–Kier alpha value is -1.92. The Morgan fingerprint density at radius 3 is 2.58 bits per heavy atom. The van der Waals surface area contributed by atoms with Gasteiger partial charge in [-0.3, -0.25) is 14.4 Å². The molecular weight excluding hydrogens is 328 g/mol. The summed E-state index contributed by atoms with van der Waals surface area (Å²) >= 11 is 0. The van der Waals surface area contributed by atoms with Crippen molar-refractivity contribution in [2.75, 3.05) is 39.4 Å². The Bertz CT molecular complexity index is 773. The predicted octanol–water partition coefficient (Wildman–Crippen LogP) is 2.15. The summed E-state index contributed by atoms with van der Waals surface area (Å²) in [4.78, 5) is 17.6. The third kappa shape index (κ3) is 3.23. The van der Waals surface area contributed by atoms with E-state index in [1.807, 2.05) is 36.2 Å². The van der Waals surface area contributed by atoms with Crippen LogP contribution >= 0.6 is 0 Å². The normalized spacial score (nSPS) is 21.2. The second kappa shape index (κ2) is 7.37. The zero-order valence-corrected chi connectivity index (χ0v) is 15.7. The highest BCUT2D eigenvalue weighted by Gasteiger charge is 2.31. The first kappa shape index (κ1) is 17.5. The molecule has 2 aliphatic heterocycles. The minimum Gasteiger partial charge on any atom is -0.379 e. The van der Waals surface area contributed by atoms with Crippen LogP contribution < -0.4 is 0 Å². The zero-order valence-electron chi connectivity index (χ0n) is 15.7. The standard InChI is InChI=1S/C20H28N4O2/c1-15(23-11-13-26-14-12-23)16-7-9-24(10-8-16)20(25)19-17-5-3-4-6-18(17)22(2)21-19/h3-6,15-16H,7-14H2,1-2H3/t15-/m0/s1. The van der Waals surface area contributed by atoms with Crippen LogP contribution in [0.5, 0.6) is 0 Å². The van der Waals surface area contributed by atoms with Gasteiger partial charge in [-0.1, -0.05) is 18.2 Å². The van der Waals surface area contributed by atoms with E-state index in [2.05, 4.69) is 16.9 Å². The number of benzene rings is 1.